The van der Waals surface area contributed by atoms with Gasteiger partial charge in [-0.1, -0.05) is 37.3 Å². The summed E-state index contributed by atoms with van der Waals surface area (Å²) in [4.78, 5) is 2.28. The van der Waals surface area contributed by atoms with Crippen LogP contribution in [0.2, 0.25) is 0 Å². The van der Waals surface area contributed by atoms with Crippen LogP contribution in [0.3, 0.4) is 0 Å². The number of likely N-dealkylation sites (tertiary alicyclic amines) is 1. The molecule has 0 spiro atoms. The lowest BCUT2D eigenvalue weighted by atomic mass is 9.96. The van der Waals surface area contributed by atoms with Crippen LogP contribution >= 0.6 is 0 Å². The molecule has 0 aromatic heterocycles. The van der Waals surface area contributed by atoms with Gasteiger partial charge in [0.15, 0.2) is 0 Å². The average molecular weight is 285 g/mol. The van der Waals surface area contributed by atoms with Gasteiger partial charge >= 0.3 is 0 Å². The Hall–Kier alpha value is -1.58. The average Bonchev–Trinajstić information content (AvgIpc) is 2.51. The summed E-state index contributed by atoms with van der Waals surface area (Å²) in [6, 6.07) is 14.5. The molecule has 1 aliphatic rings. The fraction of sp³-hybridized carbons (Fsp3) is 0.444. The predicted octanol–water partition coefficient (Wildman–Crippen LogP) is 2.92. The number of ether oxygens (including phenoxy) is 1. The number of aliphatic hydroxyl groups excluding tert-OH is 1. The second-order valence-electron chi connectivity index (χ2n) is 5.99. The molecule has 1 N–H and O–H groups in total. The number of rotatable bonds is 4. The standard InChI is InChI=1S/C18H23NO2/c1-14-8-9-19(13-18(14)20)10-11-21-17-7-6-15-4-2-3-5-16(15)12-17/h2-7,12,14,18,20H,8-11,13H2,1H3. The lowest BCUT2D eigenvalue weighted by Gasteiger charge is -2.34. The smallest absolute Gasteiger partial charge is 0.120 e. The molecule has 2 aromatic rings. The van der Waals surface area contributed by atoms with E-state index in [-0.39, 0.29) is 6.10 Å². The second kappa shape index (κ2) is 6.46. The van der Waals surface area contributed by atoms with Gasteiger partial charge in [0.05, 0.1) is 6.10 Å². The van der Waals surface area contributed by atoms with Crippen LogP contribution in [0, 0.1) is 5.92 Å². The Balaban J connectivity index is 1.52. The Labute approximate surface area is 126 Å². The molecule has 0 amide bonds. The Morgan fingerprint density at radius 3 is 2.81 bits per heavy atom. The Bertz CT molecular complexity index is 599. The third-order valence-corrected chi connectivity index (χ3v) is 4.40. The minimum Gasteiger partial charge on any atom is -0.492 e. The van der Waals surface area contributed by atoms with E-state index >= 15 is 0 Å². The zero-order chi connectivity index (χ0) is 14.7. The van der Waals surface area contributed by atoms with Crippen molar-refractivity contribution in [2.45, 2.75) is 19.4 Å². The maximum absolute atomic E-state index is 9.90. The van der Waals surface area contributed by atoms with E-state index in [1.807, 2.05) is 18.2 Å². The van der Waals surface area contributed by atoms with Crippen molar-refractivity contribution >= 4 is 10.8 Å². The summed E-state index contributed by atoms with van der Waals surface area (Å²) in [5.74, 6) is 1.34. The van der Waals surface area contributed by atoms with Crippen LogP contribution in [0.25, 0.3) is 10.8 Å². The van der Waals surface area contributed by atoms with Gasteiger partial charge in [-0.3, -0.25) is 4.90 Å². The lowest BCUT2D eigenvalue weighted by molar-refractivity contribution is 0.0244. The van der Waals surface area contributed by atoms with Crippen LogP contribution < -0.4 is 4.74 Å². The predicted molar refractivity (Wildman–Crippen MR) is 85.7 cm³/mol. The van der Waals surface area contributed by atoms with Crippen molar-refractivity contribution in [2.24, 2.45) is 5.92 Å². The molecule has 0 bridgehead atoms. The molecule has 2 aromatic carbocycles. The molecule has 3 heteroatoms. The molecule has 1 fully saturated rings. The molecular weight excluding hydrogens is 262 g/mol. The lowest BCUT2D eigenvalue weighted by Crippen LogP contribution is -2.44. The van der Waals surface area contributed by atoms with Crippen LogP contribution in [-0.2, 0) is 0 Å². The number of hydrogen-bond acceptors (Lipinski definition) is 3. The molecule has 1 saturated heterocycles. The largest absolute Gasteiger partial charge is 0.492 e. The Morgan fingerprint density at radius 2 is 2.00 bits per heavy atom. The topological polar surface area (TPSA) is 32.7 Å². The molecule has 2 atom stereocenters. The van der Waals surface area contributed by atoms with Crippen LogP contribution in [0.5, 0.6) is 5.75 Å². The summed E-state index contributed by atoms with van der Waals surface area (Å²) in [6.45, 7) is 5.48. The zero-order valence-corrected chi connectivity index (χ0v) is 12.5. The van der Waals surface area contributed by atoms with Gasteiger partial charge in [0.2, 0.25) is 0 Å². The monoisotopic (exact) mass is 285 g/mol. The van der Waals surface area contributed by atoms with Crippen molar-refractivity contribution in [3.8, 4) is 5.75 Å². The molecule has 1 heterocycles. The molecule has 1 aliphatic heterocycles. The van der Waals surface area contributed by atoms with Crippen LogP contribution in [-0.4, -0.2) is 42.4 Å². The Kier molecular flexibility index (Phi) is 4.42. The highest BCUT2D eigenvalue weighted by molar-refractivity contribution is 5.83. The molecule has 112 valence electrons. The maximum atomic E-state index is 9.90. The highest BCUT2D eigenvalue weighted by atomic mass is 16.5. The first-order valence-corrected chi connectivity index (χ1v) is 7.74. The normalized spacial score (nSPS) is 23.3. The maximum Gasteiger partial charge on any atom is 0.120 e. The van der Waals surface area contributed by atoms with Crippen molar-refractivity contribution in [1.29, 1.82) is 0 Å². The van der Waals surface area contributed by atoms with E-state index in [0.29, 0.717) is 12.5 Å². The molecule has 3 rings (SSSR count). The van der Waals surface area contributed by atoms with Gasteiger partial charge in [-0.2, -0.15) is 0 Å². The molecular formula is C18H23NO2. The third-order valence-electron chi connectivity index (χ3n) is 4.40. The Morgan fingerprint density at radius 1 is 1.19 bits per heavy atom. The fourth-order valence-electron chi connectivity index (χ4n) is 2.87. The molecule has 0 radical (unpaired) electrons. The molecule has 0 saturated carbocycles. The highest BCUT2D eigenvalue weighted by Gasteiger charge is 2.23. The van der Waals surface area contributed by atoms with Gasteiger partial charge in [0.25, 0.3) is 0 Å². The molecule has 3 nitrogen and oxygen atoms in total. The van der Waals surface area contributed by atoms with E-state index in [4.69, 9.17) is 4.74 Å². The minimum absolute atomic E-state index is 0.195. The summed E-state index contributed by atoms with van der Waals surface area (Å²) >= 11 is 0. The van der Waals surface area contributed by atoms with Crippen molar-refractivity contribution < 1.29 is 9.84 Å². The van der Waals surface area contributed by atoms with Crippen molar-refractivity contribution in [3.05, 3.63) is 42.5 Å². The van der Waals surface area contributed by atoms with E-state index in [1.54, 1.807) is 0 Å². The third kappa shape index (κ3) is 3.55. The first-order valence-electron chi connectivity index (χ1n) is 7.74. The zero-order valence-electron chi connectivity index (χ0n) is 12.5. The number of β-amino-alcohol motifs (C(OH)–C–C–N with tert-alkyl or cyclic N) is 1. The number of hydrogen-bond donors (Lipinski definition) is 1. The summed E-state index contributed by atoms with van der Waals surface area (Å²) in [5, 5.41) is 12.3. The number of nitrogens with zero attached hydrogens (tertiary/aromatic N) is 1. The van der Waals surface area contributed by atoms with E-state index in [0.717, 1.165) is 31.8 Å². The second-order valence-corrected chi connectivity index (χ2v) is 5.99. The first kappa shape index (κ1) is 14.4. The number of aliphatic hydroxyl groups is 1. The van der Waals surface area contributed by atoms with Crippen molar-refractivity contribution in [2.75, 3.05) is 26.2 Å². The van der Waals surface area contributed by atoms with Crippen molar-refractivity contribution in [1.82, 2.24) is 4.90 Å². The van der Waals surface area contributed by atoms with Gasteiger partial charge in [-0.25, -0.2) is 0 Å². The SMILES string of the molecule is CC1CCN(CCOc2ccc3ccccc3c2)CC1O. The fourth-order valence-corrected chi connectivity index (χ4v) is 2.87. The van der Waals surface area contributed by atoms with E-state index < -0.39 is 0 Å². The first-order chi connectivity index (χ1) is 10.2. The van der Waals surface area contributed by atoms with Gasteiger partial charge in [-0.05, 0) is 41.8 Å². The molecule has 21 heavy (non-hydrogen) atoms. The van der Waals surface area contributed by atoms with Crippen LogP contribution in [0.15, 0.2) is 42.5 Å². The van der Waals surface area contributed by atoms with E-state index in [1.165, 1.54) is 10.8 Å². The van der Waals surface area contributed by atoms with Gasteiger partial charge in [0, 0.05) is 13.1 Å². The molecule has 0 aliphatic carbocycles. The number of piperidine rings is 1. The van der Waals surface area contributed by atoms with Crippen LogP contribution in [0.4, 0.5) is 0 Å². The van der Waals surface area contributed by atoms with Gasteiger partial charge in [-0.15, -0.1) is 0 Å². The van der Waals surface area contributed by atoms with Gasteiger partial charge in [0.1, 0.15) is 12.4 Å². The molecule has 2 unspecified atom stereocenters. The van der Waals surface area contributed by atoms with Crippen LogP contribution in [0.1, 0.15) is 13.3 Å². The van der Waals surface area contributed by atoms with E-state index in [2.05, 4.69) is 36.1 Å². The van der Waals surface area contributed by atoms with Gasteiger partial charge < -0.3 is 9.84 Å². The van der Waals surface area contributed by atoms with Crippen molar-refractivity contribution in [3.63, 3.8) is 0 Å². The summed E-state index contributed by atoms with van der Waals surface area (Å²) in [7, 11) is 0. The number of fused-ring (bicyclic) bond motifs is 1. The summed E-state index contributed by atoms with van der Waals surface area (Å²) < 4.78 is 5.86. The summed E-state index contributed by atoms with van der Waals surface area (Å²) in [5.41, 5.74) is 0. The number of benzene rings is 2. The minimum atomic E-state index is -0.195. The summed E-state index contributed by atoms with van der Waals surface area (Å²) in [6.07, 6.45) is 0.872. The highest BCUT2D eigenvalue weighted by Crippen LogP contribution is 2.21. The van der Waals surface area contributed by atoms with E-state index in [9.17, 15) is 5.11 Å². The quantitative estimate of drug-likeness (QED) is 0.937.